The summed E-state index contributed by atoms with van der Waals surface area (Å²) in [5, 5.41) is 9.89. The average Bonchev–Trinajstić information content (AvgIpc) is 3.31. The third kappa shape index (κ3) is 5.41. The lowest BCUT2D eigenvalue weighted by Crippen LogP contribution is -2.44. The van der Waals surface area contributed by atoms with Crippen molar-refractivity contribution in [3.63, 3.8) is 0 Å². The predicted octanol–water partition coefficient (Wildman–Crippen LogP) is 2.64. The number of ether oxygens (including phenoxy) is 2. The lowest BCUT2D eigenvalue weighted by atomic mass is 10.2. The van der Waals surface area contributed by atoms with E-state index in [4.69, 9.17) is 16.0 Å². The maximum atomic E-state index is 14.2. The van der Waals surface area contributed by atoms with Gasteiger partial charge in [0.15, 0.2) is 5.69 Å². The molecule has 1 saturated heterocycles. The van der Waals surface area contributed by atoms with Gasteiger partial charge in [0, 0.05) is 42.5 Å². The highest BCUT2D eigenvalue weighted by Gasteiger charge is 2.29. The van der Waals surface area contributed by atoms with Crippen molar-refractivity contribution < 1.29 is 23.8 Å². The molecule has 0 radical (unpaired) electrons. The largest absolute Gasteiger partial charge is 0.475 e. The SMILES string of the molecule is [C-]#[N+]c1ccc(COc2cccc(-c3ccn(C=C4N=c5ccc(C(=O)O)nc5=[N+]4C[C@@H]4CCO4)c(=O)c3)n2)c(F)c1. The number of rotatable bonds is 8. The average molecular weight is 566 g/mol. The van der Waals surface area contributed by atoms with Gasteiger partial charge in [-0.2, -0.15) is 0 Å². The summed E-state index contributed by atoms with van der Waals surface area (Å²) in [4.78, 5) is 41.1. The van der Waals surface area contributed by atoms with E-state index in [1.165, 1.54) is 28.8 Å². The molecule has 2 aliphatic heterocycles. The van der Waals surface area contributed by atoms with Gasteiger partial charge in [0.25, 0.3) is 11.4 Å². The van der Waals surface area contributed by atoms with Crippen molar-refractivity contribution in [1.82, 2.24) is 19.1 Å². The van der Waals surface area contributed by atoms with Crippen LogP contribution in [0.25, 0.3) is 22.3 Å². The van der Waals surface area contributed by atoms with Crippen LogP contribution in [0.15, 0.2) is 82.5 Å². The van der Waals surface area contributed by atoms with E-state index in [1.807, 2.05) is 0 Å². The van der Waals surface area contributed by atoms with E-state index < -0.39 is 11.8 Å². The van der Waals surface area contributed by atoms with Crippen molar-refractivity contribution in [3.8, 4) is 17.1 Å². The third-order valence-electron chi connectivity index (χ3n) is 6.78. The number of hydrogen-bond acceptors (Lipinski definition) is 7. The maximum absolute atomic E-state index is 14.2. The van der Waals surface area contributed by atoms with Gasteiger partial charge in [-0.1, -0.05) is 28.2 Å². The van der Waals surface area contributed by atoms with Crippen LogP contribution in [-0.2, 0) is 11.3 Å². The van der Waals surface area contributed by atoms with Crippen LogP contribution in [0.1, 0.15) is 22.5 Å². The maximum Gasteiger partial charge on any atom is 0.371 e. The van der Waals surface area contributed by atoms with Crippen LogP contribution >= 0.6 is 0 Å². The first-order chi connectivity index (χ1) is 20.4. The van der Waals surface area contributed by atoms with Gasteiger partial charge in [0.05, 0.1) is 31.1 Å². The smallest absolute Gasteiger partial charge is 0.371 e. The van der Waals surface area contributed by atoms with Gasteiger partial charge in [-0.25, -0.2) is 23.6 Å². The standard InChI is InChI=1S/C30H21FN6O5/c1-32-20-6-5-19(22(31)14-20)17-42-27-4-2-3-23(34-27)18-9-11-36(28(38)13-18)16-26-33-24-7-8-25(30(39)40)35-29(24)37(26)15-21-10-12-41-21/h2-9,11,13-14,16,21H,10,12,15,17H2/p+1/t21-/m0/s1. The highest BCUT2D eigenvalue weighted by molar-refractivity contribution is 5.85. The summed E-state index contributed by atoms with van der Waals surface area (Å²) >= 11 is 0. The van der Waals surface area contributed by atoms with Gasteiger partial charge in [-0.3, -0.25) is 9.36 Å². The number of aromatic carboxylic acids is 1. The fraction of sp³-hybridized carbons (Fsp3) is 0.167. The zero-order valence-corrected chi connectivity index (χ0v) is 22.0. The van der Waals surface area contributed by atoms with Crippen molar-refractivity contribution >= 4 is 17.9 Å². The normalized spacial score (nSPS) is 16.3. The Morgan fingerprint density at radius 2 is 2.07 bits per heavy atom. The molecule has 1 aromatic carbocycles. The van der Waals surface area contributed by atoms with Crippen molar-refractivity contribution in [2.24, 2.45) is 4.99 Å². The van der Waals surface area contributed by atoms with Crippen LogP contribution in [-0.4, -0.2) is 44.9 Å². The molecule has 1 fully saturated rings. The molecule has 42 heavy (non-hydrogen) atoms. The molecular formula is C30H22FN6O5+. The molecule has 6 rings (SSSR count). The number of carbonyl (C=O) groups is 1. The highest BCUT2D eigenvalue weighted by Crippen LogP contribution is 2.21. The van der Waals surface area contributed by atoms with Gasteiger partial charge < -0.3 is 14.6 Å². The van der Waals surface area contributed by atoms with E-state index >= 15 is 0 Å². The molecule has 0 spiro atoms. The van der Waals surface area contributed by atoms with Gasteiger partial charge in [-0.15, -0.1) is 0 Å². The van der Waals surface area contributed by atoms with Crippen LogP contribution in [0.4, 0.5) is 10.1 Å². The molecule has 0 saturated carbocycles. The molecule has 1 N–H and O–H groups in total. The van der Waals surface area contributed by atoms with Crippen molar-refractivity contribution in [3.05, 3.63) is 122 Å². The number of hydrogen-bond donors (Lipinski definition) is 1. The number of aromatic nitrogens is 3. The first kappa shape index (κ1) is 26.7. The van der Waals surface area contributed by atoms with Gasteiger partial charge in [0.1, 0.15) is 12.4 Å². The number of carboxylic acids is 1. The molecule has 5 heterocycles. The Labute approximate surface area is 237 Å². The monoisotopic (exact) mass is 565 g/mol. The zero-order valence-electron chi connectivity index (χ0n) is 22.0. The van der Waals surface area contributed by atoms with E-state index in [-0.39, 0.29) is 41.1 Å². The number of carboxylic acid groups (broad SMARTS) is 1. The Balaban J connectivity index is 1.26. The minimum Gasteiger partial charge on any atom is -0.475 e. The first-order valence-corrected chi connectivity index (χ1v) is 12.9. The van der Waals surface area contributed by atoms with E-state index in [0.29, 0.717) is 41.1 Å². The second-order valence-corrected chi connectivity index (χ2v) is 9.53. The summed E-state index contributed by atoms with van der Waals surface area (Å²) in [5.74, 6) is -1.01. The van der Waals surface area contributed by atoms with E-state index in [9.17, 15) is 19.1 Å². The topological polar surface area (TPSA) is 123 Å². The van der Waals surface area contributed by atoms with Crippen molar-refractivity contribution in [2.75, 3.05) is 13.2 Å². The fourth-order valence-electron chi connectivity index (χ4n) is 4.46. The minimum atomic E-state index is -1.15. The first-order valence-electron chi connectivity index (χ1n) is 12.9. The second kappa shape index (κ2) is 11.1. The van der Waals surface area contributed by atoms with Crippen LogP contribution in [0.5, 0.6) is 5.88 Å². The van der Waals surface area contributed by atoms with Gasteiger partial charge in [-0.05, 0) is 30.3 Å². The zero-order chi connectivity index (χ0) is 29.2. The quantitative estimate of drug-likeness (QED) is 0.257. The number of benzene rings is 1. The highest BCUT2D eigenvalue weighted by atomic mass is 19.1. The lowest BCUT2D eigenvalue weighted by Gasteiger charge is -2.25. The molecule has 12 heteroatoms. The molecule has 2 aliphatic rings. The summed E-state index contributed by atoms with van der Waals surface area (Å²) in [6, 6.07) is 15.4. The minimum absolute atomic E-state index is 0.0564. The molecule has 0 bridgehead atoms. The third-order valence-corrected chi connectivity index (χ3v) is 6.78. The lowest BCUT2D eigenvalue weighted by molar-refractivity contribution is -0.0497. The summed E-state index contributed by atoms with van der Waals surface area (Å²) in [6.45, 7) is 7.97. The number of fused-ring (bicyclic) bond motifs is 1. The number of pyridine rings is 3. The van der Waals surface area contributed by atoms with Gasteiger partial charge in [0.2, 0.25) is 16.9 Å². The Morgan fingerprint density at radius 3 is 2.79 bits per heavy atom. The van der Waals surface area contributed by atoms with Crippen LogP contribution in [0.2, 0.25) is 0 Å². The van der Waals surface area contributed by atoms with Crippen LogP contribution in [0.3, 0.4) is 0 Å². The summed E-state index contributed by atoms with van der Waals surface area (Å²) in [7, 11) is 0. The van der Waals surface area contributed by atoms with Crippen molar-refractivity contribution in [2.45, 2.75) is 19.1 Å². The van der Waals surface area contributed by atoms with E-state index in [2.05, 4.69) is 19.8 Å². The number of nitrogens with zero attached hydrogens (tertiary/aromatic N) is 6. The van der Waals surface area contributed by atoms with E-state index in [1.54, 1.807) is 47.3 Å². The predicted molar refractivity (Wildman–Crippen MR) is 148 cm³/mol. The fourth-order valence-corrected chi connectivity index (χ4v) is 4.46. The molecule has 0 aliphatic carbocycles. The van der Waals surface area contributed by atoms with Crippen molar-refractivity contribution in [1.29, 1.82) is 0 Å². The summed E-state index contributed by atoms with van der Waals surface area (Å²) in [6.07, 6.45) is 3.94. The molecule has 208 valence electrons. The van der Waals surface area contributed by atoms with Gasteiger partial charge >= 0.3 is 11.5 Å². The molecule has 3 aromatic heterocycles. The molecule has 1 atom stereocenters. The number of halogens is 1. The summed E-state index contributed by atoms with van der Waals surface area (Å²) < 4.78 is 28.6. The summed E-state index contributed by atoms with van der Waals surface area (Å²) in [5.41, 5.74) is 1.47. The Hall–Kier alpha value is -5.54. The second-order valence-electron chi connectivity index (χ2n) is 9.53. The Bertz CT molecular complexity index is 1990. The molecule has 4 aromatic rings. The Morgan fingerprint density at radius 1 is 1.21 bits per heavy atom. The van der Waals surface area contributed by atoms with Crippen LogP contribution in [0, 0.1) is 12.4 Å². The molecule has 0 amide bonds. The molecule has 11 nitrogen and oxygen atoms in total. The Kier molecular flexibility index (Phi) is 7.08. The molecular weight excluding hydrogens is 543 g/mol. The molecule has 0 unspecified atom stereocenters. The van der Waals surface area contributed by atoms with Crippen LogP contribution < -0.4 is 25.7 Å². The van der Waals surface area contributed by atoms with E-state index in [0.717, 1.165) is 12.5 Å².